The standard InChI is InChI=1S/C19H19FN6O2S/c1-12-9-21-7-6-15(12)17(27)26(2)11-16-23-19(29-25-16)24-18(28)22-10-13-4-3-5-14(20)8-13/h3-9H,10-11H2,1-2H3,(H2,22,23,24,25,28). The van der Waals surface area contributed by atoms with Crippen molar-refractivity contribution in [2.75, 3.05) is 12.4 Å². The fourth-order valence-corrected chi connectivity index (χ4v) is 3.12. The topological polar surface area (TPSA) is 100 Å². The third-order valence-corrected chi connectivity index (χ3v) is 4.67. The number of rotatable bonds is 6. The zero-order valence-corrected chi connectivity index (χ0v) is 16.7. The van der Waals surface area contributed by atoms with Crippen molar-refractivity contribution >= 4 is 28.6 Å². The van der Waals surface area contributed by atoms with Gasteiger partial charge in [0, 0.05) is 43.1 Å². The van der Waals surface area contributed by atoms with Crippen molar-refractivity contribution < 1.29 is 14.0 Å². The lowest BCUT2D eigenvalue weighted by Crippen LogP contribution is -2.28. The molecule has 0 aliphatic rings. The number of carbonyl (C=O) groups is 2. The molecule has 0 aliphatic heterocycles. The third-order valence-electron chi connectivity index (χ3n) is 4.01. The Morgan fingerprint density at radius 1 is 1.28 bits per heavy atom. The van der Waals surface area contributed by atoms with E-state index < -0.39 is 6.03 Å². The second-order valence-electron chi connectivity index (χ2n) is 6.31. The van der Waals surface area contributed by atoms with E-state index >= 15 is 0 Å². The summed E-state index contributed by atoms with van der Waals surface area (Å²) < 4.78 is 17.3. The first kappa shape index (κ1) is 20.3. The van der Waals surface area contributed by atoms with Crippen LogP contribution in [0.1, 0.15) is 27.3 Å². The van der Waals surface area contributed by atoms with E-state index in [0.717, 1.165) is 17.1 Å². The largest absolute Gasteiger partial charge is 0.334 e. The molecule has 3 rings (SSSR count). The fourth-order valence-electron chi connectivity index (χ4n) is 2.54. The lowest BCUT2D eigenvalue weighted by atomic mass is 10.1. The maximum absolute atomic E-state index is 13.2. The highest BCUT2D eigenvalue weighted by Gasteiger charge is 2.17. The smallest absolute Gasteiger partial charge is 0.321 e. The van der Waals surface area contributed by atoms with E-state index in [2.05, 4.69) is 25.0 Å². The third kappa shape index (κ3) is 5.55. The van der Waals surface area contributed by atoms with Crippen LogP contribution in [-0.4, -0.2) is 38.2 Å². The van der Waals surface area contributed by atoms with E-state index in [1.807, 2.05) is 6.92 Å². The fraction of sp³-hybridized carbons (Fsp3) is 0.211. The molecule has 0 radical (unpaired) electrons. The minimum Gasteiger partial charge on any atom is -0.334 e. The highest BCUT2D eigenvalue weighted by Crippen LogP contribution is 2.14. The number of urea groups is 1. The number of benzene rings is 1. The zero-order valence-electron chi connectivity index (χ0n) is 15.8. The van der Waals surface area contributed by atoms with Crippen molar-refractivity contribution in [2.45, 2.75) is 20.0 Å². The SMILES string of the molecule is Cc1cnccc1C(=O)N(C)Cc1nsc(NC(=O)NCc2cccc(F)c2)n1. The molecule has 0 fully saturated rings. The molecule has 2 aromatic heterocycles. The van der Waals surface area contributed by atoms with Crippen molar-refractivity contribution in [3.05, 3.63) is 71.1 Å². The number of anilines is 1. The van der Waals surface area contributed by atoms with Crippen molar-refractivity contribution in [3.8, 4) is 0 Å². The molecule has 0 bridgehead atoms. The van der Waals surface area contributed by atoms with Crippen LogP contribution in [0.5, 0.6) is 0 Å². The van der Waals surface area contributed by atoms with Gasteiger partial charge in [-0.2, -0.15) is 4.37 Å². The van der Waals surface area contributed by atoms with Gasteiger partial charge in [0.1, 0.15) is 5.82 Å². The molecular formula is C19H19FN6O2S. The van der Waals surface area contributed by atoms with Crippen LogP contribution in [0.2, 0.25) is 0 Å². The Balaban J connectivity index is 1.53. The number of nitrogens with zero attached hydrogens (tertiary/aromatic N) is 4. The molecule has 2 heterocycles. The van der Waals surface area contributed by atoms with Crippen LogP contribution in [0.25, 0.3) is 0 Å². The van der Waals surface area contributed by atoms with E-state index in [9.17, 15) is 14.0 Å². The van der Waals surface area contributed by atoms with Gasteiger partial charge < -0.3 is 10.2 Å². The molecule has 0 saturated carbocycles. The Bertz CT molecular complexity index is 1030. The van der Waals surface area contributed by atoms with Gasteiger partial charge >= 0.3 is 6.03 Å². The molecule has 1 aromatic carbocycles. The average Bonchev–Trinajstić information content (AvgIpc) is 3.13. The van der Waals surface area contributed by atoms with Crippen LogP contribution < -0.4 is 10.6 Å². The van der Waals surface area contributed by atoms with E-state index in [1.54, 1.807) is 37.6 Å². The number of nitrogens with one attached hydrogen (secondary N) is 2. The molecule has 0 aliphatic carbocycles. The molecule has 2 N–H and O–H groups in total. The monoisotopic (exact) mass is 414 g/mol. The summed E-state index contributed by atoms with van der Waals surface area (Å²) >= 11 is 1.01. The van der Waals surface area contributed by atoms with Crippen LogP contribution in [0, 0.1) is 12.7 Å². The molecule has 0 saturated heterocycles. The molecular weight excluding hydrogens is 395 g/mol. The molecule has 0 atom stereocenters. The minimum atomic E-state index is -0.478. The van der Waals surface area contributed by atoms with Crippen molar-refractivity contribution in [3.63, 3.8) is 0 Å². The van der Waals surface area contributed by atoms with Crippen LogP contribution in [0.15, 0.2) is 42.7 Å². The summed E-state index contributed by atoms with van der Waals surface area (Å²) in [5.41, 5.74) is 1.99. The molecule has 3 amide bonds. The number of carbonyl (C=O) groups excluding carboxylic acids is 2. The molecule has 0 unspecified atom stereocenters. The first-order valence-electron chi connectivity index (χ1n) is 8.70. The molecule has 29 heavy (non-hydrogen) atoms. The lowest BCUT2D eigenvalue weighted by molar-refractivity contribution is 0.0781. The zero-order chi connectivity index (χ0) is 20.8. The van der Waals surface area contributed by atoms with E-state index in [1.165, 1.54) is 17.0 Å². The van der Waals surface area contributed by atoms with Gasteiger partial charge in [-0.15, -0.1) is 0 Å². The second-order valence-corrected chi connectivity index (χ2v) is 7.06. The molecule has 3 aromatic rings. The van der Waals surface area contributed by atoms with Gasteiger partial charge in [-0.1, -0.05) is 12.1 Å². The van der Waals surface area contributed by atoms with Crippen molar-refractivity contribution in [1.29, 1.82) is 0 Å². The number of amides is 3. The van der Waals surface area contributed by atoms with Crippen LogP contribution in [-0.2, 0) is 13.1 Å². The first-order chi connectivity index (χ1) is 13.9. The van der Waals surface area contributed by atoms with Gasteiger partial charge in [-0.05, 0) is 36.2 Å². The summed E-state index contributed by atoms with van der Waals surface area (Å²) in [5, 5.41) is 5.51. The maximum atomic E-state index is 13.2. The average molecular weight is 414 g/mol. The number of hydrogen-bond acceptors (Lipinski definition) is 6. The Hall–Kier alpha value is -3.40. The second kappa shape index (κ2) is 9.20. The summed E-state index contributed by atoms with van der Waals surface area (Å²) in [4.78, 5) is 34.2. The van der Waals surface area contributed by atoms with Gasteiger partial charge in [0.25, 0.3) is 5.91 Å². The number of aryl methyl sites for hydroxylation is 1. The van der Waals surface area contributed by atoms with Gasteiger partial charge in [0.2, 0.25) is 5.13 Å². The highest BCUT2D eigenvalue weighted by molar-refractivity contribution is 7.09. The Labute approximate surface area is 171 Å². The number of halogens is 1. The summed E-state index contributed by atoms with van der Waals surface area (Å²) in [6.07, 6.45) is 3.20. The van der Waals surface area contributed by atoms with Crippen molar-refractivity contribution in [2.24, 2.45) is 0 Å². The Kier molecular flexibility index (Phi) is 6.45. The van der Waals surface area contributed by atoms with Gasteiger partial charge in [0.15, 0.2) is 5.82 Å². The first-order valence-corrected chi connectivity index (χ1v) is 9.47. The quantitative estimate of drug-likeness (QED) is 0.646. The molecule has 150 valence electrons. The van der Waals surface area contributed by atoms with Crippen molar-refractivity contribution in [1.82, 2.24) is 24.6 Å². The van der Waals surface area contributed by atoms with E-state index in [0.29, 0.717) is 22.1 Å². The van der Waals surface area contributed by atoms with Gasteiger partial charge in [0.05, 0.1) is 6.54 Å². The van der Waals surface area contributed by atoms with Crippen LogP contribution in [0.3, 0.4) is 0 Å². The normalized spacial score (nSPS) is 10.4. The summed E-state index contributed by atoms with van der Waals surface area (Å²) in [6.45, 7) is 2.20. The van der Waals surface area contributed by atoms with E-state index in [4.69, 9.17) is 0 Å². The summed E-state index contributed by atoms with van der Waals surface area (Å²) in [6, 6.07) is 7.16. The van der Waals surface area contributed by atoms with E-state index in [-0.39, 0.29) is 24.8 Å². The van der Waals surface area contributed by atoms with Gasteiger partial charge in [-0.3, -0.25) is 15.1 Å². The van der Waals surface area contributed by atoms with Crippen LogP contribution >= 0.6 is 11.5 Å². The summed E-state index contributed by atoms with van der Waals surface area (Å²) in [5.74, 6) is -0.112. The number of hydrogen-bond donors (Lipinski definition) is 2. The molecule has 8 nitrogen and oxygen atoms in total. The maximum Gasteiger partial charge on any atom is 0.321 e. The molecule has 0 spiro atoms. The Morgan fingerprint density at radius 2 is 2.10 bits per heavy atom. The minimum absolute atomic E-state index is 0.165. The Morgan fingerprint density at radius 3 is 2.86 bits per heavy atom. The predicted octanol–water partition coefficient (Wildman–Crippen LogP) is 2.97. The predicted molar refractivity (Wildman–Crippen MR) is 107 cm³/mol. The summed E-state index contributed by atoms with van der Waals surface area (Å²) in [7, 11) is 1.65. The number of pyridine rings is 1. The van der Waals surface area contributed by atoms with Gasteiger partial charge in [-0.25, -0.2) is 14.2 Å². The number of aromatic nitrogens is 3. The van der Waals surface area contributed by atoms with Crippen LogP contribution in [0.4, 0.5) is 14.3 Å². The highest BCUT2D eigenvalue weighted by atomic mass is 32.1. The molecule has 10 heteroatoms. The lowest BCUT2D eigenvalue weighted by Gasteiger charge is -2.16.